The third-order valence-electron chi connectivity index (χ3n) is 3.39. The van der Waals surface area contributed by atoms with Crippen LogP contribution >= 0.6 is 11.6 Å². The average Bonchev–Trinajstić information content (AvgIpc) is 2.46. The second-order valence-electron chi connectivity index (χ2n) is 5.24. The Bertz CT molecular complexity index is 660. The Kier molecular flexibility index (Phi) is 5.45. The van der Waals surface area contributed by atoms with Gasteiger partial charge in [-0.25, -0.2) is 0 Å². The quantitative estimate of drug-likeness (QED) is 0.879. The molecule has 0 saturated carbocycles. The maximum atomic E-state index is 12.1. The molecule has 0 radical (unpaired) electrons. The number of hydrogen-bond acceptors (Lipinski definition) is 2. The third kappa shape index (κ3) is 4.01. The molecule has 0 bridgehead atoms. The highest BCUT2D eigenvalue weighted by molar-refractivity contribution is 6.32. The largest absolute Gasteiger partial charge is 0.482 e. The summed E-state index contributed by atoms with van der Waals surface area (Å²) >= 11 is 6.17. The van der Waals surface area contributed by atoms with E-state index in [9.17, 15) is 4.79 Å². The molecule has 2 aromatic rings. The van der Waals surface area contributed by atoms with E-state index in [1.165, 1.54) is 0 Å². The van der Waals surface area contributed by atoms with Gasteiger partial charge in [0.2, 0.25) is 0 Å². The van der Waals surface area contributed by atoms with E-state index in [-0.39, 0.29) is 12.5 Å². The summed E-state index contributed by atoms with van der Waals surface area (Å²) in [6.07, 6.45) is 0.861. The molecule has 2 aromatic carbocycles. The molecule has 2 rings (SSSR count). The Hall–Kier alpha value is -2.00. The lowest BCUT2D eigenvalue weighted by Gasteiger charge is -2.13. The maximum Gasteiger partial charge on any atom is 0.262 e. The number of halogens is 1. The van der Waals surface area contributed by atoms with E-state index in [1.54, 1.807) is 0 Å². The SMILES string of the molecule is CCc1ccccc1NC(=O)COc1c(C)cc(C)cc1Cl. The molecule has 3 nitrogen and oxygen atoms in total. The Morgan fingerprint density at radius 1 is 1.23 bits per heavy atom. The first-order chi connectivity index (χ1) is 10.5. The molecule has 0 spiro atoms. The normalized spacial score (nSPS) is 10.4. The van der Waals surface area contributed by atoms with Gasteiger partial charge >= 0.3 is 0 Å². The van der Waals surface area contributed by atoms with E-state index in [0.29, 0.717) is 10.8 Å². The van der Waals surface area contributed by atoms with Crippen molar-refractivity contribution < 1.29 is 9.53 Å². The van der Waals surface area contributed by atoms with Crippen molar-refractivity contribution >= 4 is 23.2 Å². The lowest BCUT2D eigenvalue weighted by Crippen LogP contribution is -2.21. The third-order valence-corrected chi connectivity index (χ3v) is 3.67. The van der Waals surface area contributed by atoms with Crippen LogP contribution in [0.5, 0.6) is 5.75 Å². The number of carbonyl (C=O) groups excluding carboxylic acids is 1. The van der Waals surface area contributed by atoms with Crippen LogP contribution in [-0.2, 0) is 11.2 Å². The summed E-state index contributed by atoms with van der Waals surface area (Å²) in [6.45, 7) is 5.87. The number of rotatable bonds is 5. The zero-order chi connectivity index (χ0) is 16.1. The molecule has 0 aromatic heterocycles. The molecule has 0 unspecified atom stereocenters. The average molecular weight is 318 g/mol. The van der Waals surface area contributed by atoms with Crippen molar-refractivity contribution in [1.82, 2.24) is 0 Å². The zero-order valence-electron chi connectivity index (χ0n) is 13.1. The van der Waals surface area contributed by atoms with Crippen molar-refractivity contribution in [3.63, 3.8) is 0 Å². The highest BCUT2D eigenvalue weighted by atomic mass is 35.5. The topological polar surface area (TPSA) is 38.3 Å². The fourth-order valence-corrected chi connectivity index (χ4v) is 2.74. The Morgan fingerprint density at radius 2 is 1.95 bits per heavy atom. The number of anilines is 1. The number of carbonyl (C=O) groups is 1. The van der Waals surface area contributed by atoms with Gasteiger partial charge in [-0.15, -0.1) is 0 Å². The molecule has 4 heteroatoms. The van der Waals surface area contributed by atoms with Crippen molar-refractivity contribution in [2.75, 3.05) is 11.9 Å². The summed E-state index contributed by atoms with van der Waals surface area (Å²) < 4.78 is 5.59. The summed E-state index contributed by atoms with van der Waals surface area (Å²) in [6, 6.07) is 11.6. The number of hydrogen-bond donors (Lipinski definition) is 1. The second kappa shape index (κ2) is 7.32. The molecule has 0 heterocycles. The van der Waals surface area contributed by atoms with Crippen LogP contribution in [0.25, 0.3) is 0 Å². The molecule has 22 heavy (non-hydrogen) atoms. The highest BCUT2D eigenvalue weighted by Gasteiger charge is 2.10. The van der Waals surface area contributed by atoms with Gasteiger partial charge in [-0.3, -0.25) is 4.79 Å². The van der Waals surface area contributed by atoms with Crippen LogP contribution in [0.2, 0.25) is 5.02 Å². The van der Waals surface area contributed by atoms with Gasteiger partial charge in [0, 0.05) is 5.69 Å². The molecule has 0 aliphatic carbocycles. The molecule has 0 fully saturated rings. The number of amides is 1. The van der Waals surface area contributed by atoms with Crippen LogP contribution < -0.4 is 10.1 Å². The number of ether oxygens (including phenoxy) is 1. The van der Waals surface area contributed by atoms with Gasteiger partial charge in [0.05, 0.1) is 5.02 Å². The Labute approximate surface area is 136 Å². The van der Waals surface area contributed by atoms with Crippen LogP contribution in [0, 0.1) is 13.8 Å². The van der Waals surface area contributed by atoms with Crippen molar-refractivity contribution in [3.05, 3.63) is 58.1 Å². The monoisotopic (exact) mass is 317 g/mol. The van der Waals surface area contributed by atoms with Gasteiger partial charge in [0.15, 0.2) is 6.61 Å². The molecule has 0 aliphatic rings. The summed E-state index contributed by atoms with van der Waals surface area (Å²) in [5.74, 6) is 0.364. The van der Waals surface area contributed by atoms with E-state index in [1.807, 2.05) is 50.2 Å². The smallest absolute Gasteiger partial charge is 0.262 e. The Morgan fingerprint density at radius 3 is 2.64 bits per heavy atom. The van der Waals surface area contributed by atoms with Crippen molar-refractivity contribution in [2.45, 2.75) is 27.2 Å². The first-order valence-electron chi connectivity index (χ1n) is 7.28. The van der Waals surface area contributed by atoms with Gasteiger partial charge in [-0.1, -0.05) is 42.8 Å². The zero-order valence-corrected chi connectivity index (χ0v) is 13.8. The van der Waals surface area contributed by atoms with Gasteiger partial charge in [-0.05, 0) is 49.1 Å². The van der Waals surface area contributed by atoms with Crippen molar-refractivity contribution in [1.29, 1.82) is 0 Å². The van der Waals surface area contributed by atoms with Gasteiger partial charge in [0.1, 0.15) is 5.75 Å². The molecule has 0 saturated heterocycles. The standard InChI is InChI=1S/C18H20ClNO2/c1-4-14-7-5-6-8-16(14)20-17(21)11-22-18-13(3)9-12(2)10-15(18)19/h5-10H,4,11H2,1-3H3,(H,20,21). The van der Waals surface area contributed by atoms with Crippen LogP contribution in [0.4, 0.5) is 5.69 Å². The number of benzene rings is 2. The molecule has 1 amide bonds. The van der Waals surface area contributed by atoms with Crippen molar-refractivity contribution in [3.8, 4) is 5.75 Å². The fraction of sp³-hybridized carbons (Fsp3) is 0.278. The molecule has 116 valence electrons. The lowest BCUT2D eigenvalue weighted by atomic mass is 10.1. The maximum absolute atomic E-state index is 12.1. The summed E-state index contributed by atoms with van der Waals surface area (Å²) in [7, 11) is 0. The van der Waals surface area contributed by atoms with Crippen LogP contribution in [0.15, 0.2) is 36.4 Å². The van der Waals surface area contributed by atoms with Crippen molar-refractivity contribution in [2.24, 2.45) is 0 Å². The van der Waals surface area contributed by atoms with Gasteiger partial charge in [-0.2, -0.15) is 0 Å². The minimum atomic E-state index is -0.197. The van der Waals surface area contributed by atoms with E-state index >= 15 is 0 Å². The lowest BCUT2D eigenvalue weighted by molar-refractivity contribution is -0.118. The number of aryl methyl sites for hydroxylation is 3. The van der Waals surface area contributed by atoms with Crippen LogP contribution in [0.1, 0.15) is 23.6 Å². The second-order valence-corrected chi connectivity index (χ2v) is 5.65. The Balaban J connectivity index is 2.02. The van der Waals surface area contributed by atoms with E-state index in [4.69, 9.17) is 16.3 Å². The first-order valence-corrected chi connectivity index (χ1v) is 7.66. The van der Waals surface area contributed by atoms with Crippen LogP contribution in [0.3, 0.4) is 0 Å². The summed E-state index contributed by atoms with van der Waals surface area (Å²) in [5.41, 5.74) is 3.91. The van der Waals surface area contributed by atoms with Gasteiger partial charge in [0.25, 0.3) is 5.91 Å². The van der Waals surface area contributed by atoms with E-state index in [2.05, 4.69) is 12.2 Å². The minimum Gasteiger partial charge on any atom is -0.482 e. The van der Waals surface area contributed by atoms with E-state index in [0.717, 1.165) is 28.8 Å². The summed E-state index contributed by atoms with van der Waals surface area (Å²) in [4.78, 5) is 12.1. The first kappa shape index (κ1) is 16.4. The predicted molar refractivity (Wildman–Crippen MR) is 90.9 cm³/mol. The molecule has 0 aliphatic heterocycles. The molecular formula is C18H20ClNO2. The minimum absolute atomic E-state index is 0.0678. The highest BCUT2D eigenvalue weighted by Crippen LogP contribution is 2.29. The predicted octanol–water partition coefficient (Wildman–Crippen LogP) is 4.54. The molecule has 0 atom stereocenters. The molecule has 1 N–H and O–H groups in total. The number of para-hydroxylation sites is 1. The molecular weight excluding hydrogens is 298 g/mol. The van der Waals surface area contributed by atoms with Gasteiger partial charge < -0.3 is 10.1 Å². The van der Waals surface area contributed by atoms with E-state index < -0.39 is 0 Å². The summed E-state index contributed by atoms with van der Waals surface area (Å²) in [5, 5.41) is 3.40. The fourth-order valence-electron chi connectivity index (χ4n) is 2.36. The van der Waals surface area contributed by atoms with Crippen LogP contribution in [-0.4, -0.2) is 12.5 Å². The number of nitrogens with one attached hydrogen (secondary N) is 1.